The van der Waals surface area contributed by atoms with Crippen LogP contribution < -0.4 is 0 Å². The number of carboxylic acid groups (broad SMARTS) is 1. The van der Waals surface area contributed by atoms with Crippen LogP contribution in [-0.2, 0) is 4.79 Å². The Kier molecular flexibility index (Phi) is 3.67. The number of rotatable bonds is 4. The number of phenolic OH excluding ortho intramolecular Hbond substituents is 1. The lowest BCUT2D eigenvalue weighted by atomic mass is 9.88. The van der Waals surface area contributed by atoms with Gasteiger partial charge in [-0.3, -0.25) is 14.9 Å². The van der Waals surface area contributed by atoms with Gasteiger partial charge >= 0.3 is 5.97 Å². The number of carboxylic acids is 1. The first-order valence-electron chi connectivity index (χ1n) is 5.04. The van der Waals surface area contributed by atoms with Gasteiger partial charge in [0.1, 0.15) is 5.75 Å². The summed E-state index contributed by atoms with van der Waals surface area (Å²) in [5, 5.41) is 29.3. The van der Waals surface area contributed by atoms with E-state index in [1.165, 1.54) is 0 Å². The van der Waals surface area contributed by atoms with Crippen molar-refractivity contribution in [2.45, 2.75) is 19.8 Å². The van der Waals surface area contributed by atoms with E-state index in [0.29, 0.717) is 0 Å². The van der Waals surface area contributed by atoms with E-state index in [1.54, 1.807) is 13.8 Å². The molecule has 17 heavy (non-hydrogen) atoms. The predicted octanol–water partition coefficient (Wildman–Crippen LogP) is 2.12. The summed E-state index contributed by atoms with van der Waals surface area (Å²) in [6.45, 7) is 3.36. The van der Waals surface area contributed by atoms with Gasteiger partial charge in [-0.1, -0.05) is 13.8 Å². The van der Waals surface area contributed by atoms with E-state index in [4.69, 9.17) is 5.11 Å². The van der Waals surface area contributed by atoms with Crippen molar-refractivity contribution in [3.8, 4) is 5.75 Å². The summed E-state index contributed by atoms with van der Waals surface area (Å²) < 4.78 is 0. The first-order chi connectivity index (χ1) is 7.84. The average Bonchev–Trinajstić information content (AvgIpc) is 2.19. The van der Waals surface area contributed by atoms with E-state index in [-0.39, 0.29) is 22.9 Å². The quantitative estimate of drug-likeness (QED) is 0.619. The third-order valence-corrected chi connectivity index (χ3v) is 2.49. The fraction of sp³-hybridized carbons (Fsp3) is 0.364. The number of carbonyl (C=O) groups is 1. The minimum Gasteiger partial charge on any atom is -0.508 e. The van der Waals surface area contributed by atoms with Gasteiger partial charge in [-0.15, -0.1) is 0 Å². The molecule has 0 spiro atoms. The first kappa shape index (κ1) is 13.0. The van der Waals surface area contributed by atoms with Gasteiger partial charge in [0.25, 0.3) is 5.69 Å². The van der Waals surface area contributed by atoms with Gasteiger partial charge in [-0.25, -0.2) is 0 Å². The summed E-state index contributed by atoms with van der Waals surface area (Å²) in [5.74, 6) is -2.59. The lowest BCUT2D eigenvalue weighted by Gasteiger charge is -2.17. The molecule has 6 nitrogen and oxygen atoms in total. The molecule has 92 valence electrons. The van der Waals surface area contributed by atoms with E-state index < -0.39 is 16.8 Å². The Morgan fingerprint density at radius 1 is 1.41 bits per heavy atom. The third-order valence-electron chi connectivity index (χ3n) is 2.49. The van der Waals surface area contributed by atoms with Gasteiger partial charge in [0, 0.05) is 17.7 Å². The zero-order valence-corrected chi connectivity index (χ0v) is 9.45. The number of benzene rings is 1. The van der Waals surface area contributed by atoms with E-state index in [1.807, 2.05) is 0 Å². The Labute approximate surface area is 97.7 Å². The Morgan fingerprint density at radius 3 is 2.41 bits per heavy atom. The van der Waals surface area contributed by atoms with Crippen LogP contribution in [0, 0.1) is 16.0 Å². The number of phenols is 1. The maximum absolute atomic E-state index is 11.1. The van der Waals surface area contributed by atoms with Crippen LogP contribution in [0.25, 0.3) is 0 Å². The molecular weight excluding hydrogens is 226 g/mol. The van der Waals surface area contributed by atoms with Crippen LogP contribution in [0.15, 0.2) is 18.2 Å². The molecule has 1 aromatic carbocycles. The van der Waals surface area contributed by atoms with Crippen LogP contribution in [0.4, 0.5) is 5.69 Å². The summed E-state index contributed by atoms with van der Waals surface area (Å²) in [4.78, 5) is 21.1. The normalized spacial score (nSPS) is 12.4. The number of non-ortho nitro benzene ring substituents is 1. The topological polar surface area (TPSA) is 101 Å². The number of aromatic hydroxyl groups is 1. The molecule has 6 heteroatoms. The molecule has 2 N–H and O–H groups in total. The second-order valence-electron chi connectivity index (χ2n) is 4.06. The van der Waals surface area contributed by atoms with Crippen LogP contribution in [0.1, 0.15) is 25.3 Å². The van der Waals surface area contributed by atoms with Gasteiger partial charge in [0.05, 0.1) is 10.8 Å². The molecule has 1 unspecified atom stereocenters. The van der Waals surface area contributed by atoms with Crippen LogP contribution >= 0.6 is 0 Å². The molecular formula is C11H13NO5. The standard InChI is InChI=1S/C11H13NO5/c1-6(2)10(11(14)15)8-5-7(12(16)17)3-4-9(8)13/h3-6,10,13H,1-2H3,(H,14,15). The minimum atomic E-state index is -1.12. The molecule has 1 atom stereocenters. The van der Waals surface area contributed by atoms with Crippen LogP contribution in [-0.4, -0.2) is 21.1 Å². The van der Waals surface area contributed by atoms with Crippen molar-refractivity contribution in [3.05, 3.63) is 33.9 Å². The highest BCUT2D eigenvalue weighted by Gasteiger charge is 2.27. The Hall–Kier alpha value is -2.11. The average molecular weight is 239 g/mol. The van der Waals surface area contributed by atoms with Crippen molar-refractivity contribution >= 4 is 11.7 Å². The number of nitrogens with zero attached hydrogens (tertiary/aromatic N) is 1. The van der Waals surface area contributed by atoms with Crippen molar-refractivity contribution in [1.82, 2.24) is 0 Å². The summed E-state index contributed by atoms with van der Waals surface area (Å²) >= 11 is 0. The van der Waals surface area contributed by atoms with Crippen molar-refractivity contribution in [3.63, 3.8) is 0 Å². The highest BCUT2D eigenvalue weighted by molar-refractivity contribution is 5.78. The second-order valence-corrected chi connectivity index (χ2v) is 4.06. The molecule has 0 fully saturated rings. The van der Waals surface area contributed by atoms with Crippen LogP contribution in [0.5, 0.6) is 5.75 Å². The summed E-state index contributed by atoms with van der Waals surface area (Å²) in [6, 6.07) is 3.39. The van der Waals surface area contributed by atoms with E-state index in [2.05, 4.69) is 0 Å². The van der Waals surface area contributed by atoms with Crippen molar-refractivity contribution in [2.24, 2.45) is 5.92 Å². The van der Waals surface area contributed by atoms with Crippen LogP contribution in [0.2, 0.25) is 0 Å². The highest BCUT2D eigenvalue weighted by Crippen LogP contribution is 2.34. The highest BCUT2D eigenvalue weighted by atomic mass is 16.6. The van der Waals surface area contributed by atoms with Crippen molar-refractivity contribution < 1.29 is 19.9 Å². The number of hydrogen-bond donors (Lipinski definition) is 2. The fourth-order valence-corrected chi connectivity index (χ4v) is 1.68. The summed E-state index contributed by atoms with van der Waals surface area (Å²) in [5.41, 5.74) is -0.161. The molecule has 0 aliphatic rings. The third kappa shape index (κ3) is 2.72. The molecule has 0 amide bonds. The molecule has 0 aliphatic carbocycles. The largest absolute Gasteiger partial charge is 0.508 e. The minimum absolute atomic E-state index is 0.0710. The maximum Gasteiger partial charge on any atom is 0.311 e. The van der Waals surface area contributed by atoms with E-state index in [9.17, 15) is 20.0 Å². The zero-order chi connectivity index (χ0) is 13.2. The summed E-state index contributed by atoms with van der Waals surface area (Å²) in [6.07, 6.45) is 0. The Morgan fingerprint density at radius 2 is 2.00 bits per heavy atom. The first-order valence-corrected chi connectivity index (χ1v) is 5.04. The molecule has 0 heterocycles. The number of nitro benzene ring substituents is 1. The lowest BCUT2D eigenvalue weighted by Crippen LogP contribution is -2.17. The molecule has 1 aromatic rings. The van der Waals surface area contributed by atoms with Crippen molar-refractivity contribution in [2.75, 3.05) is 0 Å². The predicted molar refractivity (Wildman–Crippen MR) is 60.0 cm³/mol. The lowest BCUT2D eigenvalue weighted by molar-refractivity contribution is -0.385. The molecule has 0 aromatic heterocycles. The molecule has 0 saturated heterocycles. The number of hydrogen-bond acceptors (Lipinski definition) is 4. The molecule has 0 radical (unpaired) electrons. The SMILES string of the molecule is CC(C)C(C(=O)O)c1cc([N+](=O)[O-])ccc1O. The van der Waals surface area contributed by atoms with Crippen LogP contribution in [0.3, 0.4) is 0 Å². The zero-order valence-electron chi connectivity index (χ0n) is 9.45. The summed E-state index contributed by atoms with van der Waals surface area (Å²) in [7, 11) is 0. The second kappa shape index (κ2) is 4.82. The smallest absolute Gasteiger partial charge is 0.311 e. The van der Waals surface area contributed by atoms with E-state index in [0.717, 1.165) is 18.2 Å². The number of aliphatic carboxylic acids is 1. The molecule has 1 rings (SSSR count). The monoisotopic (exact) mass is 239 g/mol. The van der Waals surface area contributed by atoms with Crippen molar-refractivity contribution in [1.29, 1.82) is 0 Å². The fourth-order valence-electron chi connectivity index (χ4n) is 1.68. The van der Waals surface area contributed by atoms with Gasteiger partial charge in [-0.05, 0) is 12.0 Å². The van der Waals surface area contributed by atoms with E-state index >= 15 is 0 Å². The Bertz CT molecular complexity index is 455. The Balaban J connectivity index is 3.31. The maximum atomic E-state index is 11.1. The van der Waals surface area contributed by atoms with Gasteiger partial charge in [-0.2, -0.15) is 0 Å². The molecule has 0 bridgehead atoms. The molecule has 0 saturated carbocycles. The van der Waals surface area contributed by atoms with Gasteiger partial charge in [0.2, 0.25) is 0 Å². The molecule has 0 aliphatic heterocycles. The van der Waals surface area contributed by atoms with Gasteiger partial charge < -0.3 is 10.2 Å². The number of nitro groups is 1. The van der Waals surface area contributed by atoms with Gasteiger partial charge in [0.15, 0.2) is 0 Å².